The fourth-order valence-corrected chi connectivity index (χ4v) is 9.05. The van der Waals surface area contributed by atoms with E-state index in [1.54, 1.807) is 0 Å². The van der Waals surface area contributed by atoms with Crippen molar-refractivity contribution < 1.29 is 14.6 Å². The minimum atomic E-state index is -0.461. The lowest BCUT2D eigenvalue weighted by Gasteiger charge is -2.64. The van der Waals surface area contributed by atoms with E-state index in [0.717, 1.165) is 62.4 Å². The normalized spacial score (nSPS) is 28.2. The van der Waals surface area contributed by atoms with Crippen LogP contribution in [0.1, 0.15) is 59.7 Å². The van der Waals surface area contributed by atoms with Crippen LogP contribution in [0.5, 0.6) is 11.5 Å². The predicted molar refractivity (Wildman–Crippen MR) is 166 cm³/mol. The van der Waals surface area contributed by atoms with Crippen LogP contribution >= 0.6 is 0 Å². The maximum absolute atomic E-state index is 11.2. The third-order valence-electron chi connectivity index (χ3n) is 11.1. The second-order valence-electron chi connectivity index (χ2n) is 13.5. The van der Waals surface area contributed by atoms with Crippen molar-refractivity contribution in [3.05, 3.63) is 113 Å². The molecule has 43 heavy (non-hydrogen) atoms. The molecule has 2 fully saturated rings. The number of phenols is 1. The number of fused-ring (bicyclic) bond motifs is 2. The summed E-state index contributed by atoms with van der Waals surface area (Å²) >= 11 is 0. The Morgan fingerprint density at radius 3 is 2.58 bits per heavy atom. The van der Waals surface area contributed by atoms with Gasteiger partial charge in [-0.1, -0.05) is 66.7 Å². The van der Waals surface area contributed by atoms with Crippen molar-refractivity contribution in [1.82, 2.24) is 9.88 Å². The molecule has 4 atom stereocenters. The van der Waals surface area contributed by atoms with Crippen molar-refractivity contribution in [2.75, 3.05) is 19.7 Å². The molecule has 5 nitrogen and oxygen atoms in total. The Morgan fingerprint density at radius 2 is 1.77 bits per heavy atom. The molecule has 1 saturated carbocycles. The van der Waals surface area contributed by atoms with Gasteiger partial charge in [-0.3, -0.25) is 9.88 Å². The Balaban J connectivity index is 1.19. The lowest BCUT2D eigenvalue weighted by molar-refractivity contribution is -0.205. The maximum atomic E-state index is 11.2. The van der Waals surface area contributed by atoms with Gasteiger partial charge in [-0.05, 0) is 85.4 Å². The largest absolute Gasteiger partial charge is 0.504 e. The van der Waals surface area contributed by atoms with Crippen molar-refractivity contribution in [2.24, 2.45) is 5.92 Å². The third-order valence-corrected chi connectivity index (χ3v) is 11.1. The SMILES string of the molecule is Oc1ccc2c3c1O[C@H]1c4ncc(-c5ccccc5)cc4C[C@@]4(OCCCc5ccccc5)[C@@H](C2)N(CC2CC2)CC[C@]314. The number of aromatic nitrogens is 1. The molecule has 4 aromatic rings. The van der Waals surface area contributed by atoms with Crippen LogP contribution < -0.4 is 4.74 Å². The highest BCUT2D eigenvalue weighted by Gasteiger charge is 2.73. The van der Waals surface area contributed by atoms with Crippen LogP contribution in [0.2, 0.25) is 0 Å². The molecule has 3 heterocycles. The number of piperidine rings is 1. The van der Waals surface area contributed by atoms with Crippen molar-refractivity contribution in [1.29, 1.82) is 0 Å². The maximum Gasteiger partial charge on any atom is 0.166 e. The molecule has 2 bridgehead atoms. The summed E-state index contributed by atoms with van der Waals surface area (Å²) in [4.78, 5) is 7.92. The standard InChI is InChI=1S/C38H38N2O3/c41-31-16-15-28-21-32-38(42-19-7-10-25-8-3-1-4-9-25)22-29-20-30(27-11-5-2-6-12-27)23-39-34(29)36-37(38,33(28)35(31)43-36)17-18-40(32)24-26-13-14-26/h1-6,8-9,11-12,15-16,20,23,26,32,36,41H,7,10,13-14,17-19,21-22,24H2/t32-,36+,37+,38-/m1/s1. The zero-order chi connectivity index (χ0) is 28.6. The van der Waals surface area contributed by atoms with Gasteiger partial charge >= 0.3 is 0 Å². The smallest absolute Gasteiger partial charge is 0.166 e. The van der Waals surface area contributed by atoms with Crippen LogP contribution in [0.4, 0.5) is 0 Å². The van der Waals surface area contributed by atoms with Crippen LogP contribution in [0.3, 0.4) is 0 Å². The minimum Gasteiger partial charge on any atom is -0.504 e. The van der Waals surface area contributed by atoms with Gasteiger partial charge in [-0.15, -0.1) is 0 Å². The highest BCUT2D eigenvalue weighted by molar-refractivity contribution is 5.67. The number of aryl methyl sites for hydroxylation is 1. The van der Waals surface area contributed by atoms with E-state index in [9.17, 15) is 5.11 Å². The topological polar surface area (TPSA) is 54.8 Å². The monoisotopic (exact) mass is 570 g/mol. The Bertz CT molecular complexity index is 1690. The lowest BCUT2D eigenvalue weighted by Crippen LogP contribution is -2.75. The highest BCUT2D eigenvalue weighted by atomic mass is 16.5. The molecular weight excluding hydrogens is 532 g/mol. The number of hydrogen-bond donors (Lipinski definition) is 1. The molecule has 0 amide bonds. The predicted octanol–water partition coefficient (Wildman–Crippen LogP) is 6.81. The first-order valence-corrected chi connectivity index (χ1v) is 16.1. The first-order valence-electron chi connectivity index (χ1n) is 16.1. The molecular formula is C38H38N2O3. The van der Waals surface area contributed by atoms with Crippen molar-refractivity contribution in [3.63, 3.8) is 0 Å². The van der Waals surface area contributed by atoms with E-state index in [1.165, 1.54) is 40.7 Å². The fraction of sp³-hybridized carbons (Fsp3) is 0.395. The van der Waals surface area contributed by atoms with Gasteiger partial charge in [0.15, 0.2) is 17.6 Å². The Morgan fingerprint density at radius 1 is 0.953 bits per heavy atom. The number of phenolic OH excluding ortho intramolecular Hbond substituents is 1. The fourth-order valence-electron chi connectivity index (χ4n) is 9.05. The van der Waals surface area contributed by atoms with Gasteiger partial charge in [0, 0.05) is 42.9 Å². The molecule has 5 heteroatoms. The Labute approximate surface area is 253 Å². The molecule has 3 aromatic carbocycles. The van der Waals surface area contributed by atoms with E-state index in [1.807, 2.05) is 12.3 Å². The summed E-state index contributed by atoms with van der Waals surface area (Å²) in [5, 5.41) is 11.2. The molecule has 3 aliphatic carbocycles. The number of rotatable bonds is 8. The van der Waals surface area contributed by atoms with E-state index in [-0.39, 0.29) is 23.3 Å². The molecule has 1 spiro atoms. The summed E-state index contributed by atoms with van der Waals surface area (Å²) in [7, 11) is 0. The summed E-state index contributed by atoms with van der Waals surface area (Å²) < 4.78 is 14.4. The number of ether oxygens (including phenoxy) is 2. The number of likely N-dealkylation sites (tertiary alicyclic amines) is 1. The van der Waals surface area contributed by atoms with Gasteiger partial charge in [0.25, 0.3) is 0 Å². The quantitative estimate of drug-likeness (QED) is 0.236. The van der Waals surface area contributed by atoms with Crippen molar-refractivity contribution >= 4 is 0 Å². The molecule has 0 radical (unpaired) electrons. The van der Waals surface area contributed by atoms with E-state index < -0.39 is 5.60 Å². The average Bonchev–Trinajstić information content (AvgIpc) is 3.79. The molecule has 1 aromatic heterocycles. The van der Waals surface area contributed by atoms with Crippen molar-refractivity contribution in [2.45, 2.75) is 68.1 Å². The third kappa shape index (κ3) is 3.80. The molecule has 2 aliphatic heterocycles. The summed E-state index contributed by atoms with van der Waals surface area (Å²) in [5.41, 5.74) is 7.57. The Hall–Kier alpha value is -3.67. The van der Waals surface area contributed by atoms with E-state index in [2.05, 4.69) is 77.7 Å². The molecule has 5 aliphatic rings. The number of aromatic hydroxyl groups is 1. The Kier molecular flexibility index (Phi) is 5.80. The van der Waals surface area contributed by atoms with E-state index in [0.29, 0.717) is 12.4 Å². The number of benzene rings is 3. The van der Waals surface area contributed by atoms with Crippen molar-refractivity contribution in [3.8, 4) is 22.6 Å². The first-order chi connectivity index (χ1) is 21.2. The van der Waals surface area contributed by atoms with E-state index in [4.69, 9.17) is 14.5 Å². The molecule has 1 N–H and O–H groups in total. The zero-order valence-electron chi connectivity index (χ0n) is 24.5. The number of pyridine rings is 1. The summed E-state index contributed by atoms with van der Waals surface area (Å²) in [6, 6.07) is 27.9. The molecule has 0 unspecified atom stereocenters. The van der Waals surface area contributed by atoms with Gasteiger partial charge < -0.3 is 14.6 Å². The first kappa shape index (κ1) is 25.8. The summed E-state index contributed by atoms with van der Waals surface area (Å²) in [5.74, 6) is 1.70. The van der Waals surface area contributed by atoms with Crippen LogP contribution in [-0.2, 0) is 29.4 Å². The zero-order valence-corrected chi connectivity index (χ0v) is 24.5. The molecule has 1 saturated heterocycles. The minimum absolute atomic E-state index is 0.238. The summed E-state index contributed by atoms with van der Waals surface area (Å²) in [6.45, 7) is 2.88. The van der Waals surface area contributed by atoms with Crippen LogP contribution in [-0.4, -0.2) is 46.3 Å². The molecule has 218 valence electrons. The van der Waals surface area contributed by atoms with Gasteiger partial charge in [-0.25, -0.2) is 0 Å². The summed E-state index contributed by atoms with van der Waals surface area (Å²) in [6.07, 6.45) is 9.06. The van der Waals surface area contributed by atoms with Gasteiger partial charge in [0.05, 0.1) is 11.1 Å². The highest BCUT2D eigenvalue weighted by Crippen LogP contribution is 2.69. The van der Waals surface area contributed by atoms with Crippen LogP contribution in [0.25, 0.3) is 11.1 Å². The average molecular weight is 571 g/mol. The van der Waals surface area contributed by atoms with Gasteiger partial charge in [0.2, 0.25) is 0 Å². The lowest BCUT2D eigenvalue weighted by atomic mass is 9.48. The van der Waals surface area contributed by atoms with Crippen LogP contribution in [0.15, 0.2) is 85.1 Å². The van der Waals surface area contributed by atoms with Crippen LogP contribution in [0, 0.1) is 5.92 Å². The second kappa shape index (κ2) is 9.67. The van der Waals surface area contributed by atoms with Gasteiger partial charge in [-0.2, -0.15) is 0 Å². The molecule has 9 rings (SSSR count). The number of hydrogen-bond acceptors (Lipinski definition) is 5. The van der Waals surface area contributed by atoms with Gasteiger partial charge in [0.1, 0.15) is 5.60 Å². The van der Waals surface area contributed by atoms with E-state index >= 15 is 0 Å². The number of nitrogens with zero attached hydrogens (tertiary/aromatic N) is 2. The second-order valence-corrected chi connectivity index (χ2v) is 13.5.